The lowest BCUT2D eigenvalue weighted by molar-refractivity contribution is 0.201. The number of thiophene rings is 1. The average Bonchev–Trinajstić information content (AvgIpc) is 2.46. The first kappa shape index (κ1) is 9.00. The third-order valence-electron chi connectivity index (χ3n) is 2.02. The van der Waals surface area contributed by atoms with Gasteiger partial charge in [0.1, 0.15) is 0 Å². The Morgan fingerprint density at radius 3 is 2.92 bits per heavy atom. The summed E-state index contributed by atoms with van der Waals surface area (Å²) in [5, 5.41) is 13.3. The van der Waals surface area contributed by atoms with E-state index in [2.05, 4.69) is 0 Å². The zero-order chi connectivity index (χ0) is 9.42. The van der Waals surface area contributed by atoms with Gasteiger partial charge in [0.15, 0.2) is 0 Å². The Balaban J connectivity index is 2.69. The Morgan fingerprint density at radius 2 is 2.23 bits per heavy atom. The van der Waals surface area contributed by atoms with Gasteiger partial charge in [0.2, 0.25) is 0 Å². The molecule has 0 aliphatic rings. The van der Waals surface area contributed by atoms with Crippen LogP contribution in [0.5, 0.6) is 0 Å². The molecular formula is C10H9ClOS. The van der Waals surface area contributed by atoms with Gasteiger partial charge in [-0.15, -0.1) is 11.3 Å². The van der Waals surface area contributed by atoms with Gasteiger partial charge in [-0.3, -0.25) is 0 Å². The predicted octanol–water partition coefficient (Wildman–Crippen LogP) is 3.61. The van der Waals surface area contributed by atoms with E-state index in [-0.39, 0.29) is 0 Å². The Morgan fingerprint density at radius 1 is 1.46 bits per heavy atom. The highest BCUT2D eigenvalue weighted by Crippen LogP contribution is 2.31. The molecule has 13 heavy (non-hydrogen) atoms. The molecule has 0 radical (unpaired) electrons. The van der Waals surface area contributed by atoms with E-state index >= 15 is 0 Å². The summed E-state index contributed by atoms with van der Waals surface area (Å²) in [4.78, 5) is 0. The number of benzene rings is 1. The molecule has 68 valence electrons. The van der Waals surface area contributed by atoms with E-state index in [1.54, 1.807) is 18.3 Å². The summed E-state index contributed by atoms with van der Waals surface area (Å²) in [5.41, 5.74) is 0.983. The van der Waals surface area contributed by atoms with Gasteiger partial charge in [-0.2, -0.15) is 0 Å². The van der Waals surface area contributed by atoms with E-state index in [0.29, 0.717) is 0 Å². The molecule has 3 heteroatoms. The highest BCUT2D eigenvalue weighted by atomic mass is 35.5. The Hall–Kier alpha value is -0.570. The quantitative estimate of drug-likeness (QED) is 0.766. The number of hydrogen-bond donors (Lipinski definition) is 1. The van der Waals surface area contributed by atoms with E-state index < -0.39 is 6.10 Å². The summed E-state index contributed by atoms with van der Waals surface area (Å²) >= 11 is 7.46. The zero-order valence-electron chi connectivity index (χ0n) is 7.12. The minimum atomic E-state index is -0.407. The molecule has 1 nitrogen and oxygen atoms in total. The second-order valence-corrected chi connectivity index (χ2v) is 4.36. The van der Waals surface area contributed by atoms with Crippen molar-refractivity contribution in [3.8, 4) is 0 Å². The molecule has 1 aromatic carbocycles. The maximum absolute atomic E-state index is 9.45. The topological polar surface area (TPSA) is 20.2 Å². The number of aliphatic hydroxyl groups excluding tert-OH is 1. The molecule has 0 aliphatic carbocycles. The first-order valence-corrected chi connectivity index (χ1v) is 5.29. The van der Waals surface area contributed by atoms with Gasteiger partial charge in [-0.25, -0.2) is 0 Å². The van der Waals surface area contributed by atoms with Crippen LogP contribution >= 0.6 is 22.9 Å². The summed E-state index contributed by atoms with van der Waals surface area (Å²) in [5.74, 6) is 0. The molecular weight excluding hydrogens is 204 g/mol. The van der Waals surface area contributed by atoms with Crippen molar-refractivity contribution >= 4 is 33.0 Å². The Kier molecular flexibility index (Phi) is 2.28. The largest absolute Gasteiger partial charge is 0.389 e. The molecule has 1 unspecified atom stereocenters. The standard InChI is InChI=1S/C10H9ClOS/c1-6(12)9-5-13-10-4-7(11)2-3-8(9)10/h2-6,12H,1H3. The number of rotatable bonds is 1. The minimum absolute atomic E-state index is 0.407. The summed E-state index contributed by atoms with van der Waals surface area (Å²) < 4.78 is 1.13. The van der Waals surface area contributed by atoms with Crippen molar-refractivity contribution < 1.29 is 5.11 Å². The molecule has 1 heterocycles. The van der Waals surface area contributed by atoms with Crippen LogP contribution in [0.25, 0.3) is 10.1 Å². The highest BCUT2D eigenvalue weighted by molar-refractivity contribution is 7.17. The summed E-state index contributed by atoms with van der Waals surface area (Å²) in [6.07, 6.45) is -0.407. The van der Waals surface area contributed by atoms with Crippen LogP contribution in [-0.2, 0) is 0 Å². The fraction of sp³-hybridized carbons (Fsp3) is 0.200. The predicted molar refractivity (Wildman–Crippen MR) is 57.5 cm³/mol. The molecule has 1 N–H and O–H groups in total. The van der Waals surface area contributed by atoms with Crippen LogP contribution in [0.15, 0.2) is 23.6 Å². The van der Waals surface area contributed by atoms with Gasteiger partial charge in [0.25, 0.3) is 0 Å². The summed E-state index contributed by atoms with van der Waals surface area (Å²) in [6, 6.07) is 5.73. The highest BCUT2D eigenvalue weighted by Gasteiger charge is 2.08. The third kappa shape index (κ3) is 1.57. The van der Waals surface area contributed by atoms with E-state index in [9.17, 15) is 5.11 Å². The first-order chi connectivity index (χ1) is 6.18. The van der Waals surface area contributed by atoms with Gasteiger partial charge in [0.05, 0.1) is 6.10 Å². The fourth-order valence-corrected chi connectivity index (χ4v) is 2.67. The van der Waals surface area contributed by atoms with Crippen molar-refractivity contribution in [2.24, 2.45) is 0 Å². The zero-order valence-corrected chi connectivity index (χ0v) is 8.69. The second kappa shape index (κ2) is 3.29. The molecule has 1 atom stereocenters. The molecule has 0 bridgehead atoms. The van der Waals surface area contributed by atoms with Crippen molar-refractivity contribution in [1.82, 2.24) is 0 Å². The molecule has 0 aliphatic heterocycles. The average molecular weight is 213 g/mol. The van der Waals surface area contributed by atoms with Crippen molar-refractivity contribution in [2.75, 3.05) is 0 Å². The molecule has 0 amide bonds. The van der Waals surface area contributed by atoms with Crippen LogP contribution in [0.3, 0.4) is 0 Å². The fourth-order valence-electron chi connectivity index (χ4n) is 1.35. The van der Waals surface area contributed by atoms with Gasteiger partial charge >= 0.3 is 0 Å². The van der Waals surface area contributed by atoms with E-state index in [4.69, 9.17) is 11.6 Å². The first-order valence-electron chi connectivity index (χ1n) is 4.03. The van der Waals surface area contributed by atoms with E-state index in [0.717, 1.165) is 20.7 Å². The summed E-state index contributed by atoms with van der Waals surface area (Å²) in [7, 11) is 0. The lowest BCUT2D eigenvalue weighted by atomic mass is 10.1. The maximum Gasteiger partial charge on any atom is 0.0776 e. The number of fused-ring (bicyclic) bond motifs is 1. The Labute approximate surface area is 85.6 Å². The number of aliphatic hydroxyl groups is 1. The van der Waals surface area contributed by atoms with Crippen LogP contribution < -0.4 is 0 Å². The van der Waals surface area contributed by atoms with Crippen molar-refractivity contribution in [1.29, 1.82) is 0 Å². The van der Waals surface area contributed by atoms with Gasteiger partial charge < -0.3 is 5.11 Å². The Bertz CT molecular complexity index is 433. The third-order valence-corrected chi connectivity index (χ3v) is 3.22. The van der Waals surface area contributed by atoms with E-state index in [1.165, 1.54) is 0 Å². The lowest BCUT2D eigenvalue weighted by Gasteiger charge is -2.01. The van der Waals surface area contributed by atoms with Crippen molar-refractivity contribution in [3.05, 3.63) is 34.2 Å². The SMILES string of the molecule is CC(O)c1csc2cc(Cl)ccc12. The molecule has 0 fully saturated rings. The van der Waals surface area contributed by atoms with Crippen LogP contribution in [0, 0.1) is 0 Å². The number of hydrogen-bond acceptors (Lipinski definition) is 2. The second-order valence-electron chi connectivity index (χ2n) is 3.01. The molecule has 2 rings (SSSR count). The van der Waals surface area contributed by atoms with E-state index in [1.807, 2.05) is 23.6 Å². The molecule has 0 saturated carbocycles. The molecule has 2 aromatic rings. The lowest BCUT2D eigenvalue weighted by Crippen LogP contribution is -1.87. The van der Waals surface area contributed by atoms with Crippen LogP contribution in [0.4, 0.5) is 0 Å². The van der Waals surface area contributed by atoms with Crippen molar-refractivity contribution in [2.45, 2.75) is 13.0 Å². The molecule has 1 aromatic heterocycles. The van der Waals surface area contributed by atoms with Crippen LogP contribution in [0.2, 0.25) is 5.02 Å². The van der Waals surface area contributed by atoms with Gasteiger partial charge in [-0.1, -0.05) is 17.7 Å². The number of halogens is 1. The maximum atomic E-state index is 9.45. The van der Waals surface area contributed by atoms with Crippen LogP contribution in [-0.4, -0.2) is 5.11 Å². The minimum Gasteiger partial charge on any atom is -0.389 e. The monoisotopic (exact) mass is 212 g/mol. The van der Waals surface area contributed by atoms with Crippen LogP contribution in [0.1, 0.15) is 18.6 Å². The van der Waals surface area contributed by atoms with Gasteiger partial charge in [-0.05, 0) is 35.4 Å². The summed E-state index contributed by atoms with van der Waals surface area (Å²) in [6.45, 7) is 1.77. The van der Waals surface area contributed by atoms with Gasteiger partial charge in [0, 0.05) is 9.72 Å². The van der Waals surface area contributed by atoms with Crippen molar-refractivity contribution in [3.63, 3.8) is 0 Å². The smallest absolute Gasteiger partial charge is 0.0776 e. The normalized spacial score (nSPS) is 13.5. The molecule has 0 saturated heterocycles. The molecule has 0 spiro atoms.